The lowest BCUT2D eigenvalue weighted by Crippen LogP contribution is -2.19. The van der Waals surface area contributed by atoms with Crippen molar-refractivity contribution in [3.63, 3.8) is 0 Å². The lowest BCUT2D eigenvalue weighted by atomic mass is 10.0. The highest BCUT2D eigenvalue weighted by Gasteiger charge is 2.34. The van der Waals surface area contributed by atoms with Crippen LogP contribution in [0.15, 0.2) is 0 Å². The van der Waals surface area contributed by atoms with Crippen LogP contribution in [0, 0.1) is 5.92 Å². The number of hydrogen-bond donors (Lipinski definition) is 0. The zero-order valence-electron chi connectivity index (χ0n) is 7.32. The summed E-state index contributed by atoms with van der Waals surface area (Å²) >= 11 is 0. The second kappa shape index (κ2) is 5.80. The monoisotopic (exact) mass is 200 g/mol. The third-order valence-electron chi connectivity index (χ3n) is 1.90. The Bertz CT molecular complexity index is 111. The van der Waals surface area contributed by atoms with Crippen molar-refractivity contribution < 1.29 is 13.2 Å². The third-order valence-corrected chi connectivity index (χ3v) is 2.31. The van der Waals surface area contributed by atoms with Crippen LogP contribution >= 0.6 is 9.24 Å². The molecule has 2 unspecified atom stereocenters. The minimum Gasteiger partial charge on any atom is -0.171 e. The Morgan fingerprint density at radius 3 is 2.17 bits per heavy atom. The number of hydrogen-bond acceptors (Lipinski definition) is 0. The summed E-state index contributed by atoms with van der Waals surface area (Å²) in [7, 11) is 2.58. The van der Waals surface area contributed by atoms with Gasteiger partial charge in [-0.25, -0.2) is 0 Å². The van der Waals surface area contributed by atoms with Gasteiger partial charge in [0, 0.05) is 0 Å². The first kappa shape index (κ1) is 12.2. The van der Waals surface area contributed by atoms with Crippen LogP contribution in [0.2, 0.25) is 0 Å². The van der Waals surface area contributed by atoms with E-state index in [1.165, 1.54) is 6.92 Å². The van der Waals surface area contributed by atoms with Gasteiger partial charge >= 0.3 is 6.18 Å². The quantitative estimate of drug-likeness (QED) is 0.469. The van der Waals surface area contributed by atoms with Crippen molar-refractivity contribution in [1.29, 1.82) is 0 Å². The standard InChI is InChI=1S/C8H16F3P/c1-7(8(9,10)11)5-3-2-4-6-12/h7H,2-6,12H2,1H3. The van der Waals surface area contributed by atoms with Crippen LogP contribution in [0.4, 0.5) is 13.2 Å². The average molecular weight is 200 g/mol. The lowest BCUT2D eigenvalue weighted by Gasteiger charge is -2.14. The topological polar surface area (TPSA) is 0 Å². The van der Waals surface area contributed by atoms with Gasteiger partial charge in [-0.05, 0) is 19.0 Å². The average Bonchev–Trinajstić information content (AvgIpc) is 1.96. The maximum Gasteiger partial charge on any atom is 0.391 e. The molecule has 0 fully saturated rings. The van der Waals surface area contributed by atoms with Gasteiger partial charge in [-0.3, -0.25) is 0 Å². The first-order valence-corrected chi connectivity index (χ1v) is 5.07. The van der Waals surface area contributed by atoms with E-state index in [0.29, 0.717) is 6.42 Å². The maximum atomic E-state index is 12.0. The first-order chi connectivity index (χ1) is 5.48. The van der Waals surface area contributed by atoms with E-state index in [2.05, 4.69) is 9.24 Å². The van der Waals surface area contributed by atoms with Crippen LogP contribution in [-0.2, 0) is 0 Å². The van der Waals surface area contributed by atoms with Crippen LogP contribution < -0.4 is 0 Å². The Morgan fingerprint density at radius 2 is 1.75 bits per heavy atom. The molecule has 0 saturated heterocycles. The largest absolute Gasteiger partial charge is 0.391 e. The molecule has 0 aliphatic carbocycles. The summed E-state index contributed by atoms with van der Waals surface area (Å²) in [6.45, 7) is 1.25. The number of rotatable bonds is 5. The molecular formula is C8H16F3P. The molecule has 74 valence electrons. The molecule has 0 radical (unpaired) electrons. The molecule has 4 heteroatoms. The van der Waals surface area contributed by atoms with E-state index in [-0.39, 0.29) is 6.42 Å². The molecule has 12 heavy (non-hydrogen) atoms. The zero-order valence-corrected chi connectivity index (χ0v) is 8.48. The Hall–Kier alpha value is 0.220. The molecular weight excluding hydrogens is 184 g/mol. The highest BCUT2D eigenvalue weighted by Crippen LogP contribution is 2.29. The minimum atomic E-state index is -4.00. The molecule has 0 aromatic rings. The van der Waals surface area contributed by atoms with Gasteiger partial charge in [-0.2, -0.15) is 13.2 Å². The third kappa shape index (κ3) is 5.82. The molecule has 0 saturated carbocycles. The summed E-state index contributed by atoms with van der Waals surface area (Å²) in [6.07, 6.45) is -0.135. The molecule has 0 heterocycles. The minimum absolute atomic E-state index is 0.272. The van der Waals surface area contributed by atoms with Gasteiger partial charge in [0.25, 0.3) is 0 Å². The van der Waals surface area contributed by atoms with Gasteiger partial charge in [0.2, 0.25) is 0 Å². The van der Waals surface area contributed by atoms with Crippen molar-refractivity contribution in [3.05, 3.63) is 0 Å². The Balaban J connectivity index is 3.38. The fraction of sp³-hybridized carbons (Fsp3) is 1.00. The van der Waals surface area contributed by atoms with Crippen molar-refractivity contribution in [1.82, 2.24) is 0 Å². The van der Waals surface area contributed by atoms with Crippen LogP contribution in [0.1, 0.15) is 32.6 Å². The summed E-state index contributed by atoms with van der Waals surface area (Å²) in [5, 5.41) is 0. The van der Waals surface area contributed by atoms with Crippen molar-refractivity contribution in [2.75, 3.05) is 6.16 Å². The molecule has 0 spiro atoms. The first-order valence-electron chi connectivity index (χ1n) is 4.25. The van der Waals surface area contributed by atoms with E-state index in [9.17, 15) is 13.2 Å². The van der Waals surface area contributed by atoms with Crippen LogP contribution in [-0.4, -0.2) is 12.3 Å². The summed E-state index contributed by atoms with van der Waals surface area (Å²) < 4.78 is 35.9. The summed E-state index contributed by atoms with van der Waals surface area (Å²) in [5.41, 5.74) is 0. The molecule has 0 nitrogen and oxygen atoms in total. The zero-order chi connectivity index (χ0) is 9.61. The highest BCUT2D eigenvalue weighted by molar-refractivity contribution is 7.16. The fourth-order valence-corrected chi connectivity index (χ4v) is 1.22. The molecule has 0 aromatic carbocycles. The second-order valence-corrected chi connectivity index (χ2v) is 3.66. The maximum absolute atomic E-state index is 12.0. The molecule has 0 amide bonds. The van der Waals surface area contributed by atoms with E-state index in [1.54, 1.807) is 0 Å². The molecule has 0 aliphatic heterocycles. The van der Waals surface area contributed by atoms with Gasteiger partial charge in [0.1, 0.15) is 0 Å². The predicted molar refractivity (Wildman–Crippen MR) is 48.3 cm³/mol. The van der Waals surface area contributed by atoms with E-state index in [1.807, 2.05) is 0 Å². The molecule has 0 aromatic heterocycles. The van der Waals surface area contributed by atoms with Gasteiger partial charge in [-0.1, -0.05) is 19.8 Å². The van der Waals surface area contributed by atoms with Crippen molar-refractivity contribution in [2.45, 2.75) is 38.8 Å². The SMILES string of the molecule is CC(CCCCCP)C(F)(F)F. The summed E-state index contributed by atoms with van der Waals surface area (Å²) in [5.74, 6) is -1.14. The predicted octanol–water partition coefficient (Wildman–Crippen LogP) is 3.62. The Labute approximate surface area is 74.1 Å². The van der Waals surface area contributed by atoms with Gasteiger partial charge in [0.15, 0.2) is 0 Å². The number of alkyl halides is 3. The van der Waals surface area contributed by atoms with E-state index < -0.39 is 12.1 Å². The molecule has 0 bridgehead atoms. The molecule has 0 N–H and O–H groups in total. The molecule has 2 atom stereocenters. The van der Waals surface area contributed by atoms with E-state index in [4.69, 9.17) is 0 Å². The smallest absolute Gasteiger partial charge is 0.171 e. The van der Waals surface area contributed by atoms with Gasteiger partial charge in [-0.15, -0.1) is 9.24 Å². The van der Waals surface area contributed by atoms with Crippen LogP contribution in [0.25, 0.3) is 0 Å². The van der Waals surface area contributed by atoms with Gasteiger partial charge in [0.05, 0.1) is 5.92 Å². The number of halogens is 3. The van der Waals surface area contributed by atoms with Crippen LogP contribution in [0.3, 0.4) is 0 Å². The number of unbranched alkanes of at least 4 members (excludes halogenated alkanes) is 2. The normalized spacial score (nSPS) is 14.8. The second-order valence-electron chi connectivity index (χ2n) is 3.08. The fourth-order valence-electron chi connectivity index (χ4n) is 0.935. The summed E-state index contributed by atoms with van der Waals surface area (Å²) in [6, 6.07) is 0. The van der Waals surface area contributed by atoms with Crippen molar-refractivity contribution >= 4 is 9.24 Å². The van der Waals surface area contributed by atoms with Crippen molar-refractivity contribution in [3.8, 4) is 0 Å². The Morgan fingerprint density at radius 1 is 1.17 bits per heavy atom. The van der Waals surface area contributed by atoms with E-state index in [0.717, 1.165) is 19.0 Å². The summed E-state index contributed by atoms with van der Waals surface area (Å²) in [4.78, 5) is 0. The Kier molecular flexibility index (Phi) is 5.90. The van der Waals surface area contributed by atoms with Crippen LogP contribution in [0.5, 0.6) is 0 Å². The lowest BCUT2D eigenvalue weighted by molar-refractivity contribution is -0.171. The molecule has 0 rings (SSSR count). The van der Waals surface area contributed by atoms with Crippen molar-refractivity contribution in [2.24, 2.45) is 5.92 Å². The van der Waals surface area contributed by atoms with Gasteiger partial charge < -0.3 is 0 Å². The molecule has 0 aliphatic rings. The highest BCUT2D eigenvalue weighted by atomic mass is 31.0. The van der Waals surface area contributed by atoms with E-state index >= 15 is 0 Å².